The molecule has 1 N–H and O–H groups in total. The molecule has 2 rings (SSSR count). The van der Waals surface area contributed by atoms with Gasteiger partial charge in [0.25, 0.3) is 0 Å². The van der Waals surface area contributed by atoms with Crippen LogP contribution in [0.4, 0.5) is 10.5 Å². The number of benzene rings is 1. The molecule has 0 atom stereocenters. The number of anilines is 1. The highest BCUT2D eigenvalue weighted by Crippen LogP contribution is 2.39. The van der Waals surface area contributed by atoms with E-state index in [2.05, 4.69) is 15.5 Å². The third kappa shape index (κ3) is 6.13. The highest BCUT2D eigenvalue weighted by atomic mass is 35.5. The van der Waals surface area contributed by atoms with Crippen LogP contribution >= 0.6 is 34.8 Å². The Labute approximate surface area is 173 Å². The van der Waals surface area contributed by atoms with Gasteiger partial charge in [0.15, 0.2) is 10.9 Å². The number of nitrogens with zero attached hydrogens (tertiary/aromatic N) is 2. The van der Waals surface area contributed by atoms with Gasteiger partial charge < -0.3 is 9.47 Å². The minimum absolute atomic E-state index is 0.140. The molecule has 27 heavy (non-hydrogen) atoms. The van der Waals surface area contributed by atoms with Crippen molar-refractivity contribution in [1.82, 2.24) is 10.2 Å². The average molecular weight is 433 g/mol. The summed E-state index contributed by atoms with van der Waals surface area (Å²) >= 11 is 18.6. The number of hydrogen-bond donors (Lipinski definition) is 1. The number of hydrogen-bond acceptors (Lipinski definition) is 5. The zero-order valence-electron chi connectivity index (χ0n) is 15.6. The first-order valence-corrected chi connectivity index (χ1v) is 9.29. The summed E-state index contributed by atoms with van der Waals surface area (Å²) in [4.78, 5) is 11.9. The number of aromatic nitrogens is 2. The van der Waals surface area contributed by atoms with E-state index in [9.17, 15) is 4.79 Å². The maximum Gasteiger partial charge on any atom is 0.412 e. The minimum atomic E-state index is -0.623. The van der Waals surface area contributed by atoms with Crippen LogP contribution in [0, 0.1) is 0 Å². The Morgan fingerprint density at radius 2 is 1.67 bits per heavy atom. The van der Waals surface area contributed by atoms with E-state index in [0.29, 0.717) is 10.8 Å². The molecule has 0 aliphatic rings. The van der Waals surface area contributed by atoms with Gasteiger partial charge in [-0.3, -0.25) is 5.32 Å². The van der Waals surface area contributed by atoms with Crippen molar-refractivity contribution in [1.29, 1.82) is 0 Å². The lowest BCUT2D eigenvalue weighted by Gasteiger charge is -2.20. The van der Waals surface area contributed by atoms with Gasteiger partial charge in [0, 0.05) is 11.8 Å². The summed E-state index contributed by atoms with van der Waals surface area (Å²) < 4.78 is 10.9. The molecule has 0 saturated carbocycles. The van der Waals surface area contributed by atoms with E-state index < -0.39 is 11.7 Å². The summed E-state index contributed by atoms with van der Waals surface area (Å²) in [6, 6.07) is 4.68. The molecule has 1 aromatic heterocycles. The molecule has 1 heterocycles. The van der Waals surface area contributed by atoms with Crippen molar-refractivity contribution >= 4 is 46.6 Å². The van der Waals surface area contributed by atoms with Crippen LogP contribution in [0.1, 0.15) is 46.1 Å². The van der Waals surface area contributed by atoms with Crippen LogP contribution in [-0.2, 0) is 4.74 Å². The largest absolute Gasteiger partial charge is 0.444 e. The van der Waals surface area contributed by atoms with Crippen LogP contribution in [0.3, 0.4) is 0 Å². The summed E-state index contributed by atoms with van der Waals surface area (Å²) in [6.07, 6.45) is -0.617. The van der Waals surface area contributed by atoms with Gasteiger partial charge in [0.1, 0.15) is 5.60 Å². The third-order valence-electron chi connectivity index (χ3n) is 3.23. The number of ether oxygens (including phenoxy) is 2. The van der Waals surface area contributed by atoms with Gasteiger partial charge in [-0.2, -0.15) is 0 Å². The van der Waals surface area contributed by atoms with E-state index >= 15 is 0 Å². The Morgan fingerprint density at radius 3 is 2.19 bits per heavy atom. The monoisotopic (exact) mass is 431 g/mol. The second kappa shape index (κ2) is 8.50. The van der Waals surface area contributed by atoms with Gasteiger partial charge in [-0.05, 0) is 44.4 Å². The number of carbonyl (C=O) groups is 1. The zero-order chi connectivity index (χ0) is 20.4. The van der Waals surface area contributed by atoms with Gasteiger partial charge in [-0.15, -0.1) is 10.2 Å². The first kappa shape index (κ1) is 21.5. The van der Waals surface area contributed by atoms with E-state index in [1.807, 2.05) is 13.8 Å². The number of halogens is 3. The highest BCUT2D eigenvalue weighted by Gasteiger charge is 2.18. The third-order valence-corrected chi connectivity index (χ3v) is 4.08. The minimum Gasteiger partial charge on any atom is -0.444 e. The van der Waals surface area contributed by atoms with Crippen LogP contribution in [-0.4, -0.2) is 21.9 Å². The molecule has 0 spiro atoms. The first-order chi connectivity index (χ1) is 12.5. The number of rotatable bonds is 4. The summed E-state index contributed by atoms with van der Waals surface area (Å²) in [5.74, 6) is 0.542. The molecular formula is C18H20Cl3N3O3. The number of nitrogens with one attached hydrogen (secondary N) is 1. The maximum atomic E-state index is 11.9. The van der Waals surface area contributed by atoms with Crippen molar-refractivity contribution in [2.24, 2.45) is 0 Å². The predicted octanol–water partition coefficient (Wildman–Crippen LogP) is 6.70. The van der Waals surface area contributed by atoms with Crippen LogP contribution in [0.2, 0.25) is 15.2 Å². The molecule has 0 fully saturated rings. The normalized spacial score (nSPS) is 11.4. The average Bonchev–Trinajstić information content (AvgIpc) is 2.50. The molecule has 1 amide bonds. The number of amides is 1. The molecular weight excluding hydrogens is 413 g/mol. The van der Waals surface area contributed by atoms with Crippen molar-refractivity contribution < 1.29 is 14.3 Å². The van der Waals surface area contributed by atoms with Crippen LogP contribution < -0.4 is 10.1 Å². The fourth-order valence-corrected chi connectivity index (χ4v) is 2.96. The van der Waals surface area contributed by atoms with Crippen LogP contribution in [0.15, 0.2) is 18.2 Å². The molecule has 9 heteroatoms. The maximum absolute atomic E-state index is 11.9. The highest BCUT2D eigenvalue weighted by molar-refractivity contribution is 6.37. The Bertz CT molecular complexity index is 828. The Kier molecular flexibility index (Phi) is 6.78. The van der Waals surface area contributed by atoms with Gasteiger partial charge in [0.2, 0.25) is 5.88 Å². The lowest BCUT2D eigenvalue weighted by atomic mass is 10.1. The van der Waals surface area contributed by atoms with E-state index in [1.54, 1.807) is 26.8 Å². The van der Waals surface area contributed by atoms with Gasteiger partial charge in [-0.1, -0.05) is 48.7 Å². The van der Waals surface area contributed by atoms with Gasteiger partial charge in [-0.25, -0.2) is 4.79 Å². The molecule has 0 saturated heterocycles. The summed E-state index contributed by atoms with van der Waals surface area (Å²) in [7, 11) is 0. The molecule has 0 radical (unpaired) electrons. The topological polar surface area (TPSA) is 73.3 Å². The molecule has 0 aliphatic heterocycles. The molecule has 146 valence electrons. The predicted molar refractivity (Wildman–Crippen MR) is 108 cm³/mol. The van der Waals surface area contributed by atoms with Crippen molar-refractivity contribution in [2.45, 2.75) is 46.1 Å². The second-order valence-corrected chi connectivity index (χ2v) is 8.25. The van der Waals surface area contributed by atoms with Crippen molar-refractivity contribution in [3.05, 3.63) is 39.0 Å². The standard InChI is InChI=1S/C18H20Cl3N3O3/c1-9(2)11-8-14(23-24-16(11)21)26-15-12(19)6-10(7-13(15)20)22-17(25)27-18(3,4)5/h6-9H,1-5H3,(H,22,25). The molecule has 6 nitrogen and oxygen atoms in total. The quantitative estimate of drug-likeness (QED) is 0.582. The Balaban J connectivity index is 2.22. The molecule has 1 aromatic carbocycles. The van der Waals surface area contributed by atoms with Crippen LogP contribution in [0.25, 0.3) is 0 Å². The summed E-state index contributed by atoms with van der Waals surface area (Å²) in [5.41, 5.74) is 0.538. The lowest BCUT2D eigenvalue weighted by Crippen LogP contribution is -2.27. The van der Waals surface area contributed by atoms with E-state index in [0.717, 1.165) is 5.56 Å². The molecule has 0 bridgehead atoms. The Hall–Kier alpha value is -1.76. The molecule has 2 aromatic rings. The Morgan fingerprint density at radius 1 is 1.07 bits per heavy atom. The molecule has 0 aliphatic carbocycles. The van der Waals surface area contributed by atoms with E-state index in [4.69, 9.17) is 44.3 Å². The van der Waals surface area contributed by atoms with Crippen LogP contribution in [0.5, 0.6) is 11.6 Å². The number of carbonyl (C=O) groups excluding carboxylic acids is 1. The SMILES string of the molecule is CC(C)c1cc(Oc2c(Cl)cc(NC(=O)OC(C)(C)C)cc2Cl)nnc1Cl. The second-order valence-electron chi connectivity index (χ2n) is 7.08. The zero-order valence-corrected chi connectivity index (χ0v) is 17.8. The fourth-order valence-electron chi connectivity index (χ4n) is 2.08. The van der Waals surface area contributed by atoms with Crippen molar-refractivity contribution in [3.8, 4) is 11.6 Å². The first-order valence-electron chi connectivity index (χ1n) is 8.16. The van der Waals surface area contributed by atoms with E-state index in [1.165, 1.54) is 12.1 Å². The van der Waals surface area contributed by atoms with Crippen molar-refractivity contribution in [3.63, 3.8) is 0 Å². The fraction of sp³-hybridized carbons (Fsp3) is 0.389. The molecule has 0 unspecified atom stereocenters. The van der Waals surface area contributed by atoms with Crippen molar-refractivity contribution in [2.75, 3.05) is 5.32 Å². The smallest absolute Gasteiger partial charge is 0.412 e. The van der Waals surface area contributed by atoms with Gasteiger partial charge in [0.05, 0.1) is 10.0 Å². The van der Waals surface area contributed by atoms with Gasteiger partial charge >= 0.3 is 6.09 Å². The summed E-state index contributed by atoms with van der Waals surface area (Å²) in [6.45, 7) is 9.25. The van der Waals surface area contributed by atoms with E-state index in [-0.39, 0.29) is 27.6 Å². The summed E-state index contributed by atoms with van der Waals surface area (Å²) in [5, 5.41) is 11.0. The lowest BCUT2D eigenvalue weighted by molar-refractivity contribution is 0.0636.